The predicted molar refractivity (Wildman–Crippen MR) is 42.9 cm³/mol. The number of hydrogen-bond donors (Lipinski definition) is 2. The molecule has 1 amide bonds. The van der Waals surface area contributed by atoms with Gasteiger partial charge in [0.2, 0.25) is 5.91 Å². The van der Waals surface area contributed by atoms with Gasteiger partial charge in [0.05, 0.1) is 13.2 Å². The third-order valence-electron chi connectivity index (χ3n) is 1.05. The summed E-state index contributed by atoms with van der Waals surface area (Å²) in [5, 5.41) is 2.71. The Morgan fingerprint density at radius 3 is 2.73 bits per heavy atom. The Morgan fingerprint density at radius 2 is 2.18 bits per heavy atom. The molecule has 0 radical (unpaired) electrons. The summed E-state index contributed by atoms with van der Waals surface area (Å²) >= 11 is 0. The van der Waals surface area contributed by atoms with Gasteiger partial charge in [-0.25, -0.2) is 0 Å². The summed E-state index contributed by atoms with van der Waals surface area (Å²) in [6.07, 6.45) is 0.959. The molecule has 0 aliphatic rings. The zero-order valence-corrected chi connectivity index (χ0v) is 7.14. The Hall–Kier alpha value is -0.610. The van der Waals surface area contributed by atoms with Crippen LogP contribution in [0.15, 0.2) is 0 Å². The van der Waals surface area contributed by atoms with Crippen molar-refractivity contribution in [3.8, 4) is 0 Å². The lowest BCUT2D eigenvalue weighted by molar-refractivity contribution is -0.122. The van der Waals surface area contributed by atoms with E-state index in [-0.39, 0.29) is 12.5 Å². The quantitative estimate of drug-likeness (QED) is 0.426. The zero-order valence-electron chi connectivity index (χ0n) is 7.14. The van der Waals surface area contributed by atoms with E-state index in [2.05, 4.69) is 10.8 Å². The molecule has 0 aromatic heterocycles. The normalized spacial score (nSPS) is 9.64. The second-order valence-corrected chi connectivity index (χ2v) is 2.10. The van der Waals surface area contributed by atoms with Crippen molar-refractivity contribution < 1.29 is 9.63 Å². The number of rotatable bonds is 6. The van der Waals surface area contributed by atoms with E-state index in [0.29, 0.717) is 6.61 Å². The molecule has 11 heavy (non-hydrogen) atoms. The summed E-state index contributed by atoms with van der Waals surface area (Å²) in [5.74, 6) is -0.0275. The lowest BCUT2D eigenvalue weighted by Gasteiger charge is -2.03. The van der Waals surface area contributed by atoms with Crippen molar-refractivity contribution in [3.63, 3.8) is 0 Å². The standard InChI is InChI=1S/C7H16N2O2/c1-3-5-8-7(10)6-9-11-4-2/h9H,3-6H2,1-2H3,(H,8,10). The third-order valence-corrected chi connectivity index (χ3v) is 1.05. The molecule has 0 unspecified atom stereocenters. The van der Waals surface area contributed by atoms with Gasteiger partial charge in [-0.05, 0) is 13.3 Å². The fourth-order valence-corrected chi connectivity index (χ4v) is 0.546. The average Bonchev–Trinajstić information content (AvgIpc) is 2.01. The molecule has 0 bridgehead atoms. The number of hydrogen-bond acceptors (Lipinski definition) is 3. The summed E-state index contributed by atoms with van der Waals surface area (Å²) in [5.41, 5.74) is 2.53. The molecule has 0 rings (SSSR count). The number of nitrogens with one attached hydrogen (secondary N) is 2. The van der Waals surface area contributed by atoms with Crippen LogP contribution in [0.25, 0.3) is 0 Å². The molecule has 0 atom stereocenters. The molecular weight excluding hydrogens is 144 g/mol. The lowest BCUT2D eigenvalue weighted by Crippen LogP contribution is -2.34. The number of carbonyl (C=O) groups excluding carboxylic acids is 1. The Balaban J connectivity index is 3.09. The van der Waals surface area contributed by atoms with Crippen LogP contribution in [0.4, 0.5) is 0 Å². The molecule has 0 fully saturated rings. The van der Waals surface area contributed by atoms with Crippen molar-refractivity contribution >= 4 is 5.91 Å². The zero-order chi connectivity index (χ0) is 8.53. The van der Waals surface area contributed by atoms with E-state index in [1.165, 1.54) is 0 Å². The minimum atomic E-state index is -0.0275. The maximum absolute atomic E-state index is 10.8. The van der Waals surface area contributed by atoms with Gasteiger partial charge >= 0.3 is 0 Å². The molecule has 2 N–H and O–H groups in total. The molecule has 4 heteroatoms. The van der Waals surface area contributed by atoms with Crippen LogP contribution in [0.5, 0.6) is 0 Å². The van der Waals surface area contributed by atoms with Crippen molar-refractivity contribution in [2.75, 3.05) is 19.7 Å². The van der Waals surface area contributed by atoms with Crippen molar-refractivity contribution in [1.29, 1.82) is 0 Å². The molecule has 0 aromatic carbocycles. The minimum absolute atomic E-state index is 0.0275. The number of hydroxylamine groups is 1. The highest BCUT2D eigenvalue weighted by atomic mass is 16.6. The van der Waals surface area contributed by atoms with Gasteiger partial charge in [-0.1, -0.05) is 6.92 Å². The van der Waals surface area contributed by atoms with Crippen LogP contribution in [0, 0.1) is 0 Å². The highest BCUT2D eigenvalue weighted by molar-refractivity contribution is 5.77. The molecule has 0 spiro atoms. The second-order valence-electron chi connectivity index (χ2n) is 2.10. The van der Waals surface area contributed by atoms with Crippen LogP contribution in [0.2, 0.25) is 0 Å². The monoisotopic (exact) mass is 160 g/mol. The van der Waals surface area contributed by atoms with Crippen LogP contribution in [0.1, 0.15) is 20.3 Å². The fraction of sp³-hybridized carbons (Fsp3) is 0.857. The maximum atomic E-state index is 10.8. The average molecular weight is 160 g/mol. The van der Waals surface area contributed by atoms with Gasteiger partial charge in [0, 0.05) is 6.54 Å². The van der Waals surface area contributed by atoms with Crippen LogP contribution >= 0.6 is 0 Å². The van der Waals surface area contributed by atoms with E-state index in [9.17, 15) is 4.79 Å². The van der Waals surface area contributed by atoms with E-state index in [4.69, 9.17) is 4.84 Å². The van der Waals surface area contributed by atoms with Gasteiger partial charge in [-0.2, -0.15) is 5.48 Å². The second kappa shape index (κ2) is 7.50. The molecule has 0 aliphatic carbocycles. The van der Waals surface area contributed by atoms with E-state index in [1.807, 2.05) is 13.8 Å². The van der Waals surface area contributed by atoms with E-state index >= 15 is 0 Å². The van der Waals surface area contributed by atoms with Gasteiger partial charge in [-0.3, -0.25) is 4.79 Å². The summed E-state index contributed by atoms with van der Waals surface area (Å²) in [7, 11) is 0. The van der Waals surface area contributed by atoms with Crippen molar-refractivity contribution in [2.24, 2.45) is 0 Å². The number of carbonyl (C=O) groups is 1. The van der Waals surface area contributed by atoms with Crippen molar-refractivity contribution in [3.05, 3.63) is 0 Å². The summed E-state index contributed by atoms with van der Waals surface area (Å²) < 4.78 is 0. The van der Waals surface area contributed by atoms with Crippen molar-refractivity contribution in [1.82, 2.24) is 10.8 Å². The van der Waals surface area contributed by atoms with E-state index in [0.717, 1.165) is 13.0 Å². The van der Waals surface area contributed by atoms with Gasteiger partial charge in [-0.15, -0.1) is 0 Å². The highest BCUT2D eigenvalue weighted by Gasteiger charge is 1.96. The first-order valence-electron chi connectivity index (χ1n) is 3.92. The van der Waals surface area contributed by atoms with E-state index in [1.54, 1.807) is 0 Å². The fourth-order valence-electron chi connectivity index (χ4n) is 0.546. The first-order valence-corrected chi connectivity index (χ1v) is 3.92. The number of amides is 1. The molecule has 0 saturated carbocycles. The Morgan fingerprint density at radius 1 is 1.45 bits per heavy atom. The van der Waals surface area contributed by atoms with Crippen LogP contribution in [0.3, 0.4) is 0 Å². The molecule has 0 saturated heterocycles. The summed E-state index contributed by atoms with van der Waals surface area (Å²) in [4.78, 5) is 15.6. The summed E-state index contributed by atoms with van der Waals surface area (Å²) in [6, 6.07) is 0. The lowest BCUT2D eigenvalue weighted by atomic mass is 10.4. The molecular formula is C7H16N2O2. The van der Waals surface area contributed by atoms with Crippen LogP contribution < -0.4 is 10.8 Å². The molecule has 0 aliphatic heterocycles. The predicted octanol–water partition coefficient (Wildman–Crippen LogP) is 0.0537. The molecule has 66 valence electrons. The van der Waals surface area contributed by atoms with Gasteiger partial charge in [0.15, 0.2) is 0 Å². The van der Waals surface area contributed by atoms with Gasteiger partial charge in [0.1, 0.15) is 0 Å². The highest BCUT2D eigenvalue weighted by Crippen LogP contribution is 1.71. The molecule has 0 heterocycles. The van der Waals surface area contributed by atoms with Gasteiger partial charge < -0.3 is 10.2 Å². The maximum Gasteiger partial charge on any atom is 0.236 e. The summed E-state index contributed by atoms with van der Waals surface area (Å²) in [6.45, 7) is 5.40. The Labute approximate surface area is 67.3 Å². The van der Waals surface area contributed by atoms with Crippen LogP contribution in [-0.4, -0.2) is 25.6 Å². The first kappa shape index (κ1) is 10.4. The van der Waals surface area contributed by atoms with Crippen LogP contribution in [-0.2, 0) is 9.63 Å². The van der Waals surface area contributed by atoms with Crippen molar-refractivity contribution in [2.45, 2.75) is 20.3 Å². The Bertz CT molecular complexity index is 107. The largest absolute Gasteiger partial charge is 0.355 e. The Kier molecular flexibility index (Phi) is 7.08. The molecule has 4 nitrogen and oxygen atoms in total. The third kappa shape index (κ3) is 7.29. The van der Waals surface area contributed by atoms with Gasteiger partial charge in [0.25, 0.3) is 0 Å². The van der Waals surface area contributed by atoms with E-state index < -0.39 is 0 Å². The molecule has 0 aromatic rings. The SMILES string of the molecule is CCCNC(=O)CNOCC. The minimum Gasteiger partial charge on any atom is -0.355 e. The topological polar surface area (TPSA) is 50.4 Å². The smallest absolute Gasteiger partial charge is 0.236 e. The first-order chi connectivity index (χ1) is 5.31.